The van der Waals surface area contributed by atoms with E-state index in [4.69, 9.17) is 16.3 Å². The number of fused-ring (bicyclic) bond motifs is 1. The van der Waals surface area contributed by atoms with Crippen LogP contribution in [-0.4, -0.2) is 69.3 Å². The molecule has 196 valence electrons. The van der Waals surface area contributed by atoms with Gasteiger partial charge in [-0.3, -0.25) is 14.9 Å². The number of hydrogen-bond acceptors (Lipinski definition) is 9. The Hall–Kier alpha value is -4.10. The van der Waals surface area contributed by atoms with Gasteiger partial charge in [0, 0.05) is 43.3 Å². The maximum atomic E-state index is 13.0. The molecule has 0 radical (unpaired) electrons. The first-order valence-corrected chi connectivity index (χ1v) is 13.8. The molecule has 0 aliphatic carbocycles. The standard InChI is InChI=1S/C24H21ClN6O6S/c1-38(35,36)18-5-3-16(4-6-18)30-22-20(13-28-30)23(27-14-26-22)37-17-8-10-29(11-9-17)24(32)19-7-2-15(25)12-21(19)31(33)34/h2-7,12-14,17H,8-11H2,1H3. The maximum absolute atomic E-state index is 13.0. The first-order valence-electron chi connectivity index (χ1n) is 11.5. The van der Waals surface area contributed by atoms with Crippen molar-refractivity contribution in [3.8, 4) is 11.6 Å². The fraction of sp³-hybridized carbons (Fsp3) is 0.250. The van der Waals surface area contributed by atoms with E-state index in [0.29, 0.717) is 48.5 Å². The highest BCUT2D eigenvalue weighted by molar-refractivity contribution is 7.90. The van der Waals surface area contributed by atoms with Gasteiger partial charge in [-0.05, 0) is 36.4 Å². The molecule has 5 rings (SSSR count). The van der Waals surface area contributed by atoms with Gasteiger partial charge in [-0.25, -0.2) is 23.1 Å². The summed E-state index contributed by atoms with van der Waals surface area (Å²) in [7, 11) is -3.32. The molecule has 12 nitrogen and oxygen atoms in total. The van der Waals surface area contributed by atoms with Crippen LogP contribution in [0.1, 0.15) is 23.2 Å². The molecule has 2 aromatic heterocycles. The highest BCUT2D eigenvalue weighted by Gasteiger charge is 2.29. The number of carbonyl (C=O) groups excluding carboxylic acids is 1. The van der Waals surface area contributed by atoms with Crippen molar-refractivity contribution < 1.29 is 22.9 Å². The van der Waals surface area contributed by atoms with Crippen molar-refractivity contribution >= 4 is 44.1 Å². The van der Waals surface area contributed by atoms with Gasteiger partial charge >= 0.3 is 0 Å². The van der Waals surface area contributed by atoms with Crippen LogP contribution in [0.4, 0.5) is 5.69 Å². The number of benzene rings is 2. The summed E-state index contributed by atoms with van der Waals surface area (Å²) in [4.78, 5) is 34.1. The minimum atomic E-state index is -3.32. The number of nitro groups is 1. The normalized spacial score (nSPS) is 14.5. The third-order valence-electron chi connectivity index (χ3n) is 6.23. The summed E-state index contributed by atoms with van der Waals surface area (Å²) in [6.45, 7) is 0.701. The van der Waals surface area contributed by atoms with Gasteiger partial charge in [-0.1, -0.05) is 11.6 Å². The Labute approximate surface area is 221 Å². The summed E-state index contributed by atoms with van der Waals surface area (Å²) in [5.41, 5.74) is 0.783. The van der Waals surface area contributed by atoms with Gasteiger partial charge in [0.05, 0.1) is 21.7 Å². The fourth-order valence-corrected chi connectivity index (χ4v) is 5.08. The van der Waals surface area contributed by atoms with Crippen molar-refractivity contribution in [3.63, 3.8) is 0 Å². The van der Waals surface area contributed by atoms with E-state index in [-0.39, 0.29) is 27.3 Å². The molecule has 1 aliphatic rings. The molecule has 1 fully saturated rings. The molecule has 3 heterocycles. The van der Waals surface area contributed by atoms with Crippen molar-refractivity contribution in [1.82, 2.24) is 24.6 Å². The molecular formula is C24H21ClN6O6S. The van der Waals surface area contributed by atoms with E-state index in [0.717, 1.165) is 6.26 Å². The van der Waals surface area contributed by atoms with Crippen LogP contribution < -0.4 is 4.74 Å². The number of amides is 1. The summed E-state index contributed by atoms with van der Waals surface area (Å²) in [6.07, 6.45) is 4.84. The van der Waals surface area contributed by atoms with Gasteiger partial charge in [0.2, 0.25) is 5.88 Å². The molecule has 1 aliphatic heterocycles. The van der Waals surface area contributed by atoms with Gasteiger partial charge in [-0.15, -0.1) is 0 Å². The highest BCUT2D eigenvalue weighted by Crippen LogP contribution is 2.29. The first-order chi connectivity index (χ1) is 18.1. The van der Waals surface area contributed by atoms with Crippen LogP contribution in [-0.2, 0) is 9.84 Å². The zero-order chi connectivity index (χ0) is 27.0. The molecule has 14 heteroatoms. The Balaban J connectivity index is 1.29. The van der Waals surface area contributed by atoms with Gasteiger partial charge < -0.3 is 9.64 Å². The predicted molar refractivity (Wildman–Crippen MR) is 137 cm³/mol. The molecule has 0 atom stereocenters. The van der Waals surface area contributed by atoms with Crippen molar-refractivity contribution in [2.75, 3.05) is 19.3 Å². The highest BCUT2D eigenvalue weighted by atomic mass is 35.5. The van der Waals surface area contributed by atoms with Gasteiger partial charge in [-0.2, -0.15) is 5.10 Å². The number of nitro benzene ring substituents is 1. The Morgan fingerprint density at radius 3 is 2.50 bits per heavy atom. The number of hydrogen-bond donors (Lipinski definition) is 0. The lowest BCUT2D eigenvalue weighted by Gasteiger charge is -2.32. The van der Waals surface area contributed by atoms with Crippen LogP contribution in [0.2, 0.25) is 5.02 Å². The SMILES string of the molecule is CS(=O)(=O)c1ccc(-n2ncc3c(OC4CCN(C(=O)c5ccc(Cl)cc5[N+](=O)[O-])CC4)ncnc32)cc1. The average molecular weight is 557 g/mol. The summed E-state index contributed by atoms with van der Waals surface area (Å²) in [6, 6.07) is 10.3. The maximum Gasteiger partial charge on any atom is 0.283 e. The Kier molecular flexibility index (Phi) is 6.71. The summed E-state index contributed by atoms with van der Waals surface area (Å²) in [5, 5.41) is 16.5. The summed E-state index contributed by atoms with van der Waals surface area (Å²) >= 11 is 5.86. The molecule has 2 aromatic carbocycles. The summed E-state index contributed by atoms with van der Waals surface area (Å²) < 4.78 is 31.2. The van der Waals surface area contributed by atoms with E-state index in [9.17, 15) is 23.3 Å². The van der Waals surface area contributed by atoms with Crippen LogP contribution >= 0.6 is 11.6 Å². The lowest BCUT2D eigenvalue weighted by atomic mass is 10.1. The fourth-order valence-electron chi connectivity index (χ4n) is 4.28. The van der Waals surface area contributed by atoms with Crippen LogP contribution in [0.15, 0.2) is 59.9 Å². The van der Waals surface area contributed by atoms with Crippen molar-refractivity contribution in [3.05, 3.63) is 75.7 Å². The number of likely N-dealkylation sites (tertiary alicyclic amines) is 1. The predicted octanol–water partition coefficient (Wildman–Crippen LogP) is 3.46. The van der Waals surface area contributed by atoms with E-state index in [1.807, 2.05) is 0 Å². The number of aromatic nitrogens is 4. The number of nitrogens with zero attached hydrogens (tertiary/aromatic N) is 6. The van der Waals surface area contributed by atoms with E-state index in [1.54, 1.807) is 27.9 Å². The topological polar surface area (TPSA) is 150 Å². The molecule has 0 unspecified atom stereocenters. The third kappa shape index (κ3) is 5.02. The Bertz CT molecular complexity index is 1650. The van der Waals surface area contributed by atoms with Gasteiger partial charge in [0.15, 0.2) is 15.5 Å². The van der Waals surface area contributed by atoms with E-state index in [1.165, 1.54) is 36.7 Å². The van der Waals surface area contributed by atoms with E-state index < -0.39 is 20.7 Å². The number of halogens is 1. The Morgan fingerprint density at radius 1 is 1.13 bits per heavy atom. The number of ether oxygens (including phenoxy) is 1. The smallest absolute Gasteiger partial charge is 0.283 e. The van der Waals surface area contributed by atoms with Crippen LogP contribution in [0.5, 0.6) is 5.88 Å². The van der Waals surface area contributed by atoms with Crippen molar-refractivity contribution in [2.24, 2.45) is 0 Å². The van der Waals surface area contributed by atoms with Gasteiger partial charge in [0.1, 0.15) is 23.4 Å². The minimum absolute atomic E-state index is 0.00624. The quantitative estimate of drug-likeness (QED) is 0.257. The number of sulfone groups is 1. The third-order valence-corrected chi connectivity index (χ3v) is 7.60. The van der Waals surface area contributed by atoms with Crippen LogP contribution in [0, 0.1) is 10.1 Å². The molecule has 38 heavy (non-hydrogen) atoms. The zero-order valence-corrected chi connectivity index (χ0v) is 21.6. The monoisotopic (exact) mass is 556 g/mol. The average Bonchev–Trinajstić information content (AvgIpc) is 3.33. The van der Waals surface area contributed by atoms with Crippen LogP contribution in [0.25, 0.3) is 16.7 Å². The second-order valence-corrected chi connectivity index (χ2v) is 11.2. The zero-order valence-electron chi connectivity index (χ0n) is 20.0. The number of piperidine rings is 1. The first kappa shape index (κ1) is 25.5. The molecule has 1 amide bonds. The second kappa shape index (κ2) is 9.99. The van der Waals surface area contributed by atoms with E-state index >= 15 is 0 Å². The molecule has 0 N–H and O–H groups in total. The molecule has 1 saturated heterocycles. The number of rotatable bonds is 6. The van der Waals surface area contributed by atoms with Gasteiger partial charge in [0.25, 0.3) is 11.6 Å². The molecular weight excluding hydrogens is 536 g/mol. The second-order valence-electron chi connectivity index (χ2n) is 8.77. The lowest BCUT2D eigenvalue weighted by molar-refractivity contribution is -0.385. The number of carbonyl (C=O) groups is 1. The molecule has 0 saturated carbocycles. The summed E-state index contributed by atoms with van der Waals surface area (Å²) in [5.74, 6) is -0.0912. The van der Waals surface area contributed by atoms with Crippen molar-refractivity contribution in [2.45, 2.75) is 23.8 Å². The minimum Gasteiger partial charge on any atom is -0.474 e. The molecule has 4 aromatic rings. The largest absolute Gasteiger partial charge is 0.474 e. The molecule has 0 spiro atoms. The van der Waals surface area contributed by atoms with Crippen molar-refractivity contribution in [1.29, 1.82) is 0 Å². The van der Waals surface area contributed by atoms with E-state index in [2.05, 4.69) is 15.1 Å². The Morgan fingerprint density at radius 2 is 1.84 bits per heavy atom. The lowest BCUT2D eigenvalue weighted by Crippen LogP contribution is -2.42. The van der Waals surface area contributed by atoms with Crippen LogP contribution in [0.3, 0.4) is 0 Å². The molecule has 0 bridgehead atoms.